The number of nitriles is 1. The van der Waals surface area contributed by atoms with Gasteiger partial charge in [-0.25, -0.2) is 4.39 Å². The second-order valence-electron chi connectivity index (χ2n) is 6.59. The SMILES string of the molecule is Cc1ccc(COc2ccc(Cl)cc2/C=C(\C#N)C(=O)Nc2ccc(F)cc2)cc1. The van der Waals surface area contributed by atoms with Crippen molar-refractivity contribution in [2.75, 3.05) is 5.32 Å². The molecule has 6 heteroatoms. The summed E-state index contributed by atoms with van der Waals surface area (Å²) < 4.78 is 18.9. The fraction of sp³-hybridized carbons (Fsp3) is 0.0833. The van der Waals surface area contributed by atoms with Crippen LogP contribution in [0.1, 0.15) is 16.7 Å². The van der Waals surface area contributed by atoms with Crippen LogP contribution in [0, 0.1) is 24.1 Å². The number of carbonyl (C=O) groups is 1. The number of hydrogen-bond donors (Lipinski definition) is 1. The Morgan fingerprint density at radius 1 is 1.13 bits per heavy atom. The van der Waals surface area contributed by atoms with Crippen molar-refractivity contribution < 1.29 is 13.9 Å². The molecule has 3 aromatic carbocycles. The zero-order valence-corrected chi connectivity index (χ0v) is 16.9. The molecule has 4 nitrogen and oxygen atoms in total. The van der Waals surface area contributed by atoms with Crippen LogP contribution >= 0.6 is 11.6 Å². The van der Waals surface area contributed by atoms with Crippen LogP contribution in [-0.4, -0.2) is 5.91 Å². The lowest BCUT2D eigenvalue weighted by Crippen LogP contribution is -2.13. The molecule has 0 heterocycles. The summed E-state index contributed by atoms with van der Waals surface area (Å²) in [5.41, 5.74) is 2.88. The highest BCUT2D eigenvalue weighted by atomic mass is 35.5. The van der Waals surface area contributed by atoms with Crippen molar-refractivity contribution in [2.24, 2.45) is 0 Å². The molecule has 150 valence electrons. The molecule has 0 fully saturated rings. The van der Waals surface area contributed by atoms with Crippen molar-refractivity contribution in [3.63, 3.8) is 0 Å². The van der Waals surface area contributed by atoms with Crippen LogP contribution in [0.3, 0.4) is 0 Å². The third kappa shape index (κ3) is 5.69. The van der Waals surface area contributed by atoms with Gasteiger partial charge in [-0.15, -0.1) is 0 Å². The Hall–Kier alpha value is -3.62. The molecule has 3 aromatic rings. The van der Waals surface area contributed by atoms with Crippen LogP contribution in [0.5, 0.6) is 5.75 Å². The fourth-order valence-electron chi connectivity index (χ4n) is 2.64. The number of benzene rings is 3. The molecule has 0 aliphatic heterocycles. The molecule has 3 rings (SSSR count). The first-order valence-corrected chi connectivity index (χ1v) is 9.49. The number of ether oxygens (including phenoxy) is 1. The summed E-state index contributed by atoms with van der Waals surface area (Å²) in [6.07, 6.45) is 1.41. The number of carbonyl (C=O) groups excluding carboxylic acids is 1. The first-order chi connectivity index (χ1) is 14.4. The number of rotatable bonds is 6. The highest BCUT2D eigenvalue weighted by Gasteiger charge is 2.12. The Labute approximate surface area is 179 Å². The first kappa shape index (κ1) is 21.1. The minimum absolute atomic E-state index is 0.137. The van der Waals surface area contributed by atoms with Gasteiger partial charge in [-0.1, -0.05) is 41.4 Å². The Kier molecular flexibility index (Phi) is 6.84. The third-order valence-corrected chi connectivity index (χ3v) is 4.49. The molecule has 30 heavy (non-hydrogen) atoms. The molecule has 0 aromatic heterocycles. The van der Waals surface area contributed by atoms with Gasteiger partial charge in [0.15, 0.2) is 0 Å². The summed E-state index contributed by atoms with van der Waals surface area (Å²) in [7, 11) is 0. The maximum Gasteiger partial charge on any atom is 0.266 e. The van der Waals surface area contributed by atoms with Gasteiger partial charge in [0.1, 0.15) is 29.8 Å². The molecule has 0 aliphatic carbocycles. The summed E-state index contributed by atoms with van der Waals surface area (Å²) in [6.45, 7) is 2.33. The van der Waals surface area contributed by atoms with E-state index >= 15 is 0 Å². The van der Waals surface area contributed by atoms with Crippen LogP contribution in [0.2, 0.25) is 5.02 Å². The van der Waals surface area contributed by atoms with Crippen molar-refractivity contribution >= 4 is 29.3 Å². The van der Waals surface area contributed by atoms with Gasteiger partial charge in [-0.2, -0.15) is 5.26 Å². The van der Waals surface area contributed by atoms with Crippen molar-refractivity contribution in [1.82, 2.24) is 0 Å². The van der Waals surface area contributed by atoms with E-state index < -0.39 is 11.7 Å². The van der Waals surface area contributed by atoms with E-state index in [1.54, 1.807) is 18.2 Å². The summed E-state index contributed by atoms with van der Waals surface area (Å²) in [6, 6.07) is 20.1. The van der Waals surface area contributed by atoms with Gasteiger partial charge in [-0.3, -0.25) is 4.79 Å². The van der Waals surface area contributed by atoms with E-state index in [1.807, 2.05) is 37.3 Å². The van der Waals surface area contributed by atoms with Crippen LogP contribution < -0.4 is 10.1 Å². The number of aryl methyl sites for hydroxylation is 1. The molecular weight excluding hydrogens is 403 g/mol. The van der Waals surface area contributed by atoms with E-state index in [1.165, 1.54) is 30.3 Å². The third-order valence-electron chi connectivity index (χ3n) is 4.25. The second kappa shape index (κ2) is 9.73. The molecule has 0 unspecified atom stereocenters. The van der Waals surface area contributed by atoms with Crippen molar-refractivity contribution in [1.29, 1.82) is 5.26 Å². The lowest BCUT2D eigenvalue weighted by Gasteiger charge is -2.11. The molecule has 0 atom stereocenters. The van der Waals surface area contributed by atoms with Gasteiger partial charge < -0.3 is 10.1 Å². The second-order valence-corrected chi connectivity index (χ2v) is 7.02. The molecule has 0 aliphatic rings. The van der Waals surface area contributed by atoms with Gasteiger partial charge in [0.25, 0.3) is 5.91 Å². The Bertz CT molecular complexity index is 1120. The average Bonchev–Trinajstić information content (AvgIpc) is 2.74. The molecular formula is C24H18ClFN2O2. The minimum atomic E-state index is -0.617. The summed E-state index contributed by atoms with van der Waals surface area (Å²) in [4.78, 5) is 12.5. The highest BCUT2D eigenvalue weighted by molar-refractivity contribution is 6.30. The molecule has 1 amide bonds. The van der Waals surface area contributed by atoms with Crippen molar-refractivity contribution in [2.45, 2.75) is 13.5 Å². The smallest absolute Gasteiger partial charge is 0.266 e. The standard InChI is InChI=1S/C24H18ClFN2O2/c1-16-2-4-17(5-3-16)15-30-23-11-6-20(25)13-18(23)12-19(14-27)24(29)28-22-9-7-21(26)8-10-22/h2-13H,15H2,1H3,(H,28,29)/b19-12+. The normalized spacial score (nSPS) is 10.9. The van der Waals surface area contributed by atoms with Gasteiger partial charge in [-0.05, 0) is 61.0 Å². The van der Waals surface area contributed by atoms with Gasteiger partial charge in [0.05, 0.1) is 0 Å². The van der Waals surface area contributed by atoms with E-state index in [9.17, 15) is 14.4 Å². The van der Waals surface area contributed by atoms with Gasteiger partial charge >= 0.3 is 0 Å². The molecule has 0 spiro atoms. The van der Waals surface area contributed by atoms with E-state index in [0.29, 0.717) is 28.6 Å². The van der Waals surface area contributed by atoms with Crippen LogP contribution in [-0.2, 0) is 11.4 Å². The zero-order chi connectivity index (χ0) is 21.5. The number of nitrogens with zero attached hydrogens (tertiary/aromatic N) is 1. The summed E-state index contributed by atoms with van der Waals surface area (Å²) in [5, 5.41) is 12.5. The monoisotopic (exact) mass is 420 g/mol. The number of halogens is 2. The zero-order valence-electron chi connectivity index (χ0n) is 16.2. The number of nitrogens with one attached hydrogen (secondary N) is 1. The topological polar surface area (TPSA) is 62.1 Å². The number of anilines is 1. The van der Waals surface area contributed by atoms with E-state index in [4.69, 9.17) is 16.3 Å². The van der Waals surface area contributed by atoms with Gasteiger partial charge in [0.2, 0.25) is 0 Å². The molecule has 0 saturated heterocycles. The first-order valence-electron chi connectivity index (χ1n) is 9.11. The molecule has 0 bridgehead atoms. The molecule has 0 saturated carbocycles. The van der Waals surface area contributed by atoms with Crippen molar-refractivity contribution in [3.8, 4) is 11.8 Å². The maximum atomic E-state index is 13.0. The lowest BCUT2D eigenvalue weighted by atomic mass is 10.1. The van der Waals surface area contributed by atoms with E-state index in [-0.39, 0.29) is 5.57 Å². The fourth-order valence-corrected chi connectivity index (χ4v) is 2.83. The van der Waals surface area contributed by atoms with E-state index in [0.717, 1.165) is 11.1 Å². The molecule has 1 N–H and O–H groups in total. The lowest BCUT2D eigenvalue weighted by molar-refractivity contribution is -0.112. The van der Waals surface area contributed by atoms with Crippen LogP contribution in [0.15, 0.2) is 72.3 Å². The van der Waals surface area contributed by atoms with E-state index in [2.05, 4.69) is 5.32 Å². The predicted octanol–water partition coefficient (Wildman–Crippen LogP) is 5.91. The number of amides is 1. The Morgan fingerprint density at radius 3 is 2.50 bits per heavy atom. The summed E-state index contributed by atoms with van der Waals surface area (Å²) in [5.74, 6) is -0.547. The van der Waals surface area contributed by atoms with Crippen LogP contribution in [0.25, 0.3) is 6.08 Å². The summed E-state index contributed by atoms with van der Waals surface area (Å²) >= 11 is 6.10. The van der Waals surface area contributed by atoms with Crippen LogP contribution in [0.4, 0.5) is 10.1 Å². The average molecular weight is 421 g/mol. The largest absolute Gasteiger partial charge is 0.488 e. The predicted molar refractivity (Wildman–Crippen MR) is 116 cm³/mol. The maximum absolute atomic E-state index is 13.0. The minimum Gasteiger partial charge on any atom is -0.488 e. The Morgan fingerprint density at radius 2 is 1.83 bits per heavy atom. The molecule has 0 radical (unpaired) electrons. The highest BCUT2D eigenvalue weighted by Crippen LogP contribution is 2.26. The quantitative estimate of drug-likeness (QED) is 0.398. The number of hydrogen-bond acceptors (Lipinski definition) is 3. The van der Waals surface area contributed by atoms with Crippen molar-refractivity contribution in [3.05, 3.63) is 99.8 Å². The Balaban J connectivity index is 1.81. The van der Waals surface area contributed by atoms with Gasteiger partial charge in [0, 0.05) is 16.3 Å².